The van der Waals surface area contributed by atoms with Gasteiger partial charge in [-0.3, -0.25) is 4.79 Å². The molecule has 1 aliphatic heterocycles. The van der Waals surface area contributed by atoms with Crippen LogP contribution in [-0.4, -0.2) is 46.1 Å². The zero-order valence-corrected chi connectivity index (χ0v) is 19.3. The van der Waals surface area contributed by atoms with Crippen LogP contribution in [0, 0.1) is 12.7 Å². The number of nitrogens with one attached hydrogen (secondary N) is 1. The fourth-order valence-electron chi connectivity index (χ4n) is 4.60. The van der Waals surface area contributed by atoms with Crippen molar-refractivity contribution in [1.82, 2.24) is 20.0 Å². The van der Waals surface area contributed by atoms with Crippen molar-refractivity contribution in [2.45, 2.75) is 38.5 Å². The number of piperidine rings is 1. The molecule has 0 saturated carbocycles. The van der Waals surface area contributed by atoms with Crippen LogP contribution < -0.4 is 4.74 Å². The molecule has 34 heavy (non-hydrogen) atoms. The Labute approximate surface area is 196 Å². The fraction of sp³-hybridized carbons (Fsp3) is 0.346. The number of hydrogen-bond acceptors (Lipinski definition) is 5. The third-order valence-corrected chi connectivity index (χ3v) is 6.66. The zero-order chi connectivity index (χ0) is 23.7. The molecule has 2 aromatic heterocycles. The van der Waals surface area contributed by atoms with E-state index in [9.17, 15) is 9.18 Å². The highest BCUT2D eigenvalue weighted by Gasteiger charge is 2.26. The van der Waals surface area contributed by atoms with Gasteiger partial charge in [0.1, 0.15) is 11.6 Å². The molecular weight excluding hydrogens is 435 g/mol. The number of H-pyrrole nitrogens is 1. The van der Waals surface area contributed by atoms with Crippen molar-refractivity contribution in [3.63, 3.8) is 0 Å². The third-order valence-electron chi connectivity index (χ3n) is 6.66. The number of aromatic amines is 1. The van der Waals surface area contributed by atoms with Crippen LogP contribution in [0.3, 0.4) is 0 Å². The number of halogens is 1. The number of nitrogens with zero attached hydrogens (tertiary/aromatic N) is 3. The lowest BCUT2D eigenvalue weighted by molar-refractivity contribution is -0.132. The molecule has 1 saturated heterocycles. The molecule has 0 bridgehead atoms. The minimum atomic E-state index is -0.311. The summed E-state index contributed by atoms with van der Waals surface area (Å²) < 4.78 is 24.5. The number of carbonyl (C=O) groups is 1. The van der Waals surface area contributed by atoms with Gasteiger partial charge in [-0.2, -0.15) is 4.98 Å². The molecule has 4 aromatic rings. The van der Waals surface area contributed by atoms with E-state index in [-0.39, 0.29) is 11.7 Å². The van der Waals surface area contributed by atoms with Gasteiger partial charge in [0.2, 0.25) is 17.6 Å². The number of amides is 1. The molecule has 1 N–H and O–H groups in total. The van der Waals surface area contributed by atoms with Gasteiger partial charge < -0.3 is 19.1 Å². The summed E-state index contributed by atoms with van der Waals surface area (Å²) in [6, 6.07) is 10.9. The smallest absolute Gasteiger partial charge is 0.227 e. The first-order valence-corrected chi connectivity index (χ1v) is 11.5. The monoisotopic (exact) mass is 462 g/mol. The standard InChI is InChI=1S/C26H27FN4O3/c1-16-3-4-18(13-22(16)27)26-29-24(34-30-26)7-8-25(32)31-11-9-17(10-12-31)21-15-28-23-6-5-19(33-2)14-20(21)23/h3-6,13-15,17,28H,7-12H2,1-2H3. The average molecular weight is 463 g/mol. The minimum absolute atomic E-state index is 0.0835. The van der Waals surface area contributed by atoms with Gasteiger partial charge in [-0.1, -0.05) is 17.3 Å². The van der Waals surface area contributed by atoms with Crippen molar-refractivity contribution in [2.24, 2.45) is 0 Å². The molecule has 0 spiro atoms. The van der Waals surface area contributed by atoms with Crippen molar-refractivity contribution >= 4 is 16.8 Å². The fourth-order valence-corrected chi connectivity index (χ4v) is 4.60. The maximum absolute atomic E-state index is 13.8. The van der Waals surface area contributed by atoms with Gasteiger partial charge in [0.15, 0.2) is 0 Å². The molecule has 0 unspecified atom stereocenters. The summed E-state index contributed by atoms with van der Waals surface area (Å²) in [5.74, 6) is 1.73. The molecule has 2 aromatic carbocycles. The molecule has 176 valence electrons. The number of fused-ring (bicyclic) bond motifs is 1. The van der Waals surface area contributed by atoms with Crippen LogP contribution in [0.15, 0.2) is 47.1 Å². The average Bonchev–Trinajstić information content (AvgIpc) is 3.51. The van der Waals surface area contributed by atoms with Crippen LogP contribution in [0.5, 0.6) is 5.75 Å². The van der Waals surface area contributed by atoms with Crippen molar-refractivity contribution in [3.8, 4) is 17.1 Å². The third kappa shape index (κ3) is 4.40. The lowest BCUT2D eigenvalue weighted by Crippen LogP contribution is -2.38. The predicted molar refractivity (Wildman–Crippen MR) is 126 cm³/mol. The largest absolute Gasteiger partial charge is 0.497 e. The normalized spacial score (nSPS) is 14.6. The second kappa shape index (κ2) is 9.29. The molecule has 0 radical (unpaired) electrons. The Bertz CT molecular complexity index is 1320. The van der Waals surface area contributed by atoms with E-state index < -0.39 is 0 Å². The van der Waals surface area contributed by atoms with Crippen LogP contribution in [-0.2, 0) is 11.2 Å². The van der Waals surface area contributed by atoms with Gasteiger partial charge in [-0.25, -0.2) is 4.39 Å². The second-order valence-electron chi connectivity index (χ2n) is 8.79. The molecule has 1 fully saturated rings. The van der Waals surface area contributed by atoms with Crippen molar-refractivity contribution in [3.05, 3.63) is 65.4 Å². The Kier molecular flexibility index (Phi) is 6.04. The Balaban J connectivity index is 1.16. The van der Waals surface area contributed by atoms with E-state index in [1.807, 2.05) is 17.0 Å². The van der Waals surface area contributed by atoms with Gasteiger partial charge in [0.25, 0.3) is 0 Å². The first kappa shape index (κ1) is 22.1. The number of rotatable bonds is 6. The molecule has 5 rings (SSSR count). The quantitative estimate of drug-likeness (QED) is 0.435. The molecule has 7 nitrogen and oxygen atoms in total. The van der Waals surface area contributed by atoms with E-state index >= 15 is 0 Å². The zero-order valence-electron chi connectivity index (χ0n) is 19.3. The molecule has 0 aliphatic carbocycles. The number of aromatic nitrogens is 3. The lowest BCUT2D eigenvalue weighted by Gasteiger charge is -2.32. The lowest BCUT2D eigenvalue weighted by atomic mass is 9.89. The highest BCUT2D eigenvalue weighted by atomic mass is 19.1. The van der Waals surface area contributed by atoms with Gasteiger partial charge in [-0.15, -0.1) is 0 Å². The highest BCUT2D eigenvalue weighted by Crippen LogP contribution is 2.35. The Hall–Kier alpha value is -3.68. The second-order valence-corrected chi connectivity index (χ2v) is 8.79. The number of methoxy groups -OCH3 is 1. The number of likely N-dealkylation sites (tertiary alicyclic amines) is 1. The number of carbonyl (C=O) groups excluding carboxylic acids is 1. The first-order valence-electron chi connectivity index (χ1n) is 11.5. The SMILES string of the molecule is COc1ccc2[nH]cc(C3CCN(C(=O)CCc4nc(-c5ccc(C)c(F)c5)no4)CC3)c2c1. The van der Waals surface area contributed by atoms with Crippen LogP contribution in [0.2, 0.25) is 0 Å². The summed E-state index contributed by atoms with van der Waals surface area (Å²) in [6.45, 7) is 3.14. The van der Waals surface area contributed by atoms with Gasteiger partial charge in [0, 0.05) is 48.6 Å². The molecule has 1 amide bonds. The van der Waals surface area contributed by atoms with E-state index in [0.29, 0.717) is 41.6 Å². The summed E-state index contributed by atoms with van der Waals surface area (Å²) in [4.78, 5) is 22.4. The highest BCUT2D eigenvalue weighted by molar-refractivity contribution is 5.85. The molecule has 1 aliphatic rings. The van der Waals surface area contributed by atoms with Crippen molar-refractivity contribution in [1.29, 1.82) is 0 Å². The maximum Gasteiger partial charge on any atom is 0.227 e. The van der Waals surface area contributed by atoms with Crippen LogP contribution in [0.4, 0.5) is 4.39 Å². The van der Waals surface area contributed by atoms with E-state index in [4.69, 9.17) is 9.26 Å². The Morgan fingerprint density at radius 2 is 2.06 bits per heavy atom. The van der Waals surface area contributed by atoms with Crippen molar-refractivity contribution in [2.75, 3.05) is 20.2 Å². The number of hydrogen-bond donors (Lipinski definition) is 1. The van der Waals surface area contributed by atoms with Gasteiger partial charge in [0.05, 0.1) is 7.11 Å². The summed E-state index contributed by atoms with van der Waals surface area (Å²) >= 11 is 0. The van der Waals surface area contributed by atoms with E-state index in [1.165, 1.54) is 17.0 Å². The summed E-state index contributed by atoms with van der Waals surface area (Å²) in [7, 11) is 1.68. The summed E-state index contributed by atoms with van der Waals surface area (Å²) in [5, 5.41) is 5.12. The Morgan fingerprint density at radius 1 is 1.24 bits per heavy atom. The molecule has 8 heteroatoms. The van der Waals surface area contributed by atoms with Gasteiger partial charge in [-0.05, 0) is 61.1 Å². The Morgan fingerprint density at radius 3 is 2.82 bits per heavy atom. The first-order chi connectivity index (χ1) is 16.5. The molecule has 0 atom stereocenters. The van der Waals surface area contributed by atoms with E-state index in [0.717, 1.165) is 37.2 Å². The number of benzene rings is 2. The van der Waals surface area contributed by atoms with Crippen LogP contribution in [0.25, 0.3) is 22.3 Å². The van der Waals surface area contributed by atoms with Crippen LogP contribution in [0.1, 0.15) is 42.2 Å². The number of aryl methyl sites for hydroxylation is 2. The van der Waals surface area contributed by atoms with Gasteiger partial charge >= 0.3 is 0 Å². The molecular formula is C26H27FN4O3. The van der Waals surface area contributed by atoms with E-state index in [1.54, 1.807) is 26.2 Å². The van der Waals surface area contributed by atoms with E-state index in [2.05, 4.69) is 27.4 Å². The molecule has 3 heterocycles. The maximum atomic E-state index is 13.8. The van der Waals surface area contributed by atoms with Crippen LogP contribution >= 0.6 is 0 Å². The summed E-state index contributed by atoms with van der Waals surface area (Å²) in [5.41, 5.74) is 3.50. The number of ether oxygens (including phenoxy) is 1. The van der Waals surface area contributed by atoms with Crippen molar-refractivity contribution < 1.29 is 18.4 Å². The topological polar surface area (TPSA) is 84.2 Å². The predicted octanol–water partition coefficient (Wildman–Crippen LogP) is 5.01. The minimum Gasteiger partial charge on any atom is -0.497 e. The summed E-state index contributed by atoms with van der Waals surface area (Å²) in [6.07, 6.45) is 4.58.